The van der Waals surface area contributed by atoms with Crippen LogP contribution in [0.3, 0.4) is 0 Å². The molecule has 0 atom stereocenters. The lowest BCUT2D eigenvalue weighted by molar-refractivity contribution is 0.340. The number of hydrogen-bond acceptors (Lipinski definition) is 3. The number of nitrogens with zero attached hydrogens (tertiary/aromatic N) is 3. The molecular formula is C16H24IN5O. The maximum atomic E-state index is 5.46. The largest absolute Gasteiger partial charge is 0.494 e. The fourth-order valence-corrected chi connectivity index (χ4v) is 2.15. The van der Waals surface area contributed by atoms with E-state index in [9.17, 15) is 0 Å². The lowest BCUT2D eigenvalue weighted by atomic mass is 10.2. The van der Waals surface area contributed by atoms with Crippen molar-refractivity contribution >= 4 is 29.9 Å². The Labute approximate surface area is 154 Å². The van der Waals surface area contributed by atoms with E-state index >= 15 is 0 Å². The van der Waals surface area contributed by atoms with Gasteiger partial charge in [-0.2, -0.15) is 5.10 Å². The number of halogens is 1. The van der Waals surface area contributed by atoms with Gasteiger partial charge >= 0.3 is 0 Å². The van der Waals surface area contributed by atoms with Gasteiger partial charge in [-0.25, -0.2) is 0 Å². The highest BCUT2D eigenvalue weighted by atomic mass is 127. The Kier molecular flexibility index (Phi) is 8.46. The third kappa shape index (κ3) is 6.09. The summed E-state index contributed by atoms with van der Waals surface area (Å²) in [5, 5.41) is 10.2. The van der Waals surface area contributed by atoms with Crippen LogP contribution in [0.5, 0.6) is 5.75 Å². The number of aromatic nitrogens is 2. The van der Waals surface area contributed by atoms with Crippen molar-refractivity contribution in [3.8, 4) is 5.75 Å². The highest BCUT2D eigenvalue weighted by Gasteiger charge is 2.07. The maximum Gasteiger partial charge on any atom is 0.194 e. The Hall–Kier alpha value is -1.77. The SMILES string of the molecule is CCOc1ccc(CN(C)C(=NC)NCc2ccn[nH]2)cc1.I. The number of guanidine groups is 1. The second kappa shape index (κ2) is 10.1. The van der Waals surface area contributed by atoms with Gasteiger partial charge in [0.25, 0.3) is 0 Å². The van der Waals surface area contributed by atoms with Crippen LogP contribution in [0.15, 0.2) is 41.5 Å². The monoisotopic (exact) mass is 429 g/mol. The molecule has 0 radical (unpaired) electrons. The van der Waals surface area contributed by atoms with Gasteiger partial charge in [0.1, 0.15) is 5.75 Å². The first-order chi connectivity index (χ1) is 10.7. The summed E-state index contributed by atoms with van der Waals surface area (Å²) < 4.78 is 5.46. The third-order valence-corrected chi connectivity index (χ3v) is 3.22. The smallest absolute Gasteiger partial charge is 0.194 e. The molecule has 0 saturated heterocycles. The summed E-state index contributed by atoms with van der Waals surface area (Å²) in [5.74, 6) is 1.74. The Morgan fingerprint density at radius 2 is 2.04 bits per heavy atom. The van der Waals surface area contributed by atoms with Gasteiger partial charge in [0.05, 0.1) is 18.8 Å². The average molecular weight is 429 g/mol. The van der Waals surface area contributed by atoms with Gasteiger partial charge in [-0.3, -0.25) is 10.1 Å². The van der Waals surface area contributed by atoms with Crippen molar-refractivity contribution < 1.29 is 4.74 Å². The van der Waals surface area contributed by atoms with Gasteiger partial charge in [0.15, 0.2) is 5.96 Å². The zero-order valence-electron chi connectivity index (χ0n) is 13.7. The molecule has 1 aromatic carbocycles. The van der Waals surface area contributed by atoms with Crippen LogP contribution in [0.25, 0.3) is 0 Å². The second-order valence-electron chi connectivity index (χ2n) is 4.92. The highest BCUT2D eigenvalue weighted by molar-refractivity contribution is 14.0. The molecule has 0 aliphatic carbocycles. The molecule has 7 heteroatoms. The summed E-state index contributed by atoms with van der Waals surface area (Å²) >= 11 is 0. The van der Waals surface area contributed by atoms with E-state index in [2.05, 4.69) is 37.5 Å². The van der Waals surface area contributed by atoms with Gasteiger partial charge in [-0.05, 0) is 30.7 Å². The molecule has 2 aromatic rings. The van der Waals surface area contributed by atoms with Crippen LogP contribution in [0.1, 0.15) is 18.2 Å². The standard InChI is InChI=1S/C16H23N5O.HI/c1-4-22-15-7-5-13(6-8-15)12-21(3)16(17-2)18-11-14-9-10-19-20-14;/h5-10H,4,11-12H2,1-3H3,(H,17,18)(H,19,20);1H. The zero-order chi connectivity index (χ0) is 15.8. The summed E-state index contributed by atoms with van der Waals surface area (Å²) in [6.07, 6.45) is 1.74. The summed E-state index contributed by atoms with van der Waals surface area (Å²) in [6, 6.07) is 10.1. The van der Waals surface area contributed by atoms with Crippen LogP contribution < -0.4 is 10.1 Å². The number of hydrogen-bond donors (Lipinski definition) is 2. The van der Waals surface area contributed by atoms with E-state index in [0.717, 1.165) is 23.9 Å². The van der Waals surface area contributed by atoms with Gasteiger partial charge in [-0.1, -0.05) is 12.1 Å². The van der Waals surface area contributed by atoms with Crippen LogP contribution in [0, 0.1) is 0 Å². The minimum atomic E-state index is 0. The Balaban J connectivity index is 0.00000264. The van der Waals surface area contributed by atoms with Crippen molar-refractivity contribution in [3.05, 3.63) is 47.8 Å². The number of H-pyrrole nitrogens is 1. The molecule has 0 aliphatic rings. The fourth-order valence-electron chi connectivity index (χ4n) is 2.15. The van der Waals surface area contributed by atoms with Gasteiger partial charge in [0.2, 0.25) is 0 Å². The maximum absolute atomic E-state index is 5.46. The predicted octanol–water partition coefficient (Wildman–Crippen LogP) is 2.63. The number of aromatic amines is 1. The molecule has 1 aromatic heterocycles. The third-order valence-electron chi connectivity index (χ3n) is 3.22. The molecular weight excluding hydrogens is 405 g/mol. The molecule has 0 aliphatic heterocycles. The first kappa shape index (κ1) is 19.3. The molecule has 126 valence electrons. The topological polar surface area (TPSA) is 65.5 Å². The van der Waals surface area contributed by atoms with Crippen LogP contribution in [-0.4, -0.2) is 41.8 Å². The van der Waals surface area contributed by atoms with Crippen LogP contribution >= 0.6 is 24.0 Å². The number of nitrogens with one attached hydrogen (secondary N) is 2. The summed E-state index contributed by atoms with van der Waals surface area (Å²) in [7, 11) is 3.79. The molecule has 23 heavy (non-hydrogen) atoms. The lowest BCUT2D eigenvalue weighted by Crippen LogP contribution is -2.38. The zero-order valence-corrected chi connectivity index (χ0v) is 16.1. The number of aliphatic imine (C=N–C) groups is 1. The van der Waals surface area contributed by atoms with Gasteiger partial charge < -0.3 is 15.0 Å². The molecule has 2 rings (SSSR count). The molecule has 0 bridgehead atoms. The highest BCUT2D eigenvalue weighted by Crippen LogP contribution is 2.13. The van der Waals surface area contributed by atoms with Crippen molar-refractivity contribution in [1.82, 2.24) is 20.4 Å². The predicted molar refractivity (Wildman–Crippen MR) is 103 cm³/mol. The van der Waals surface area contributed by atoms with E-state index in [1.807, 2.05) is 32.2 Å². The molecule has 2 N–H and O–H groups in total. The molecule has 0 fully saturated rings. The van der Waals surface area contributed by atoms with Gasteiger partial charge in [0, 0.05) is 26.8 Å². The van der Waals surface area contributed by atoms with E-state index in [-0.39, 0.29) is 24.0 Å². The Bertz CT molecular complexity index is 583. The van der Waals surface area contributed by atoms with E-state index in [1.54, 1.807) is 13.2 Å². The first-order valence-electron chi connectivity index (χ1n) is 7.34. The van der Waals surface area contributed by atoms with E-state index < -0.39 is 0 Å². The van der Waals surface area contributed by atoms with E-state index in [1.165, 1.54) is 5.56 Å². The van der Waals surface area contributed by atoms with E-state index in [4.69, 9.17) is 4.74 Å². The molecule has 0 spiro atoms. The van der Waals surface area contributed by atoms with Crippen molar-refractivity contribution in [1.29, 1.82) is 0 Å². The average Bonchev–Trinajstić information content (AvgIpc) is 3.03. The Morgan fingerprint density at radius 3 is 2.61 bits per heavy atom. The quantitative estimate of drug-likeness (QED) is 0.421. The second-order valence-corrected chi connectivity index (χ2v) is 4.92. The molecule has 0 saturated carbocycles. The van der Waals surface area contributed by atoms with E-state index in [0.29, 0.717) is 13.2 Å². The van der Waals surface area contributed by atoms with Crippen molar-refractivity contribution in [2.24, 2.45) is 4.99 Å². The lowest BCUT2D eigenvalue weighted by Gasteiger charge is -2.22. The van der Waals surface area contributed by atoms with Crippen molar-refractivity contribution in [3.63, 3.8) is 0 Å². The summed E-state index contributed by atoms with van der Waals surface area (Å²) in [4.78, 5) is 6.38. The Morgan fingerprint density at radius 1 is 1.30 bits per heavy atom. The van der Waals surface area contributed by atoms with Crippen molar-refractivity contribution in [2.75, 3.05) is 20.7 Å². The molecule has 1 heterocycles. The first-order valence-corrected chi connectivity index (χ1v) is 7.34. The number of ether oxygens (including phenoxy) is 1. The summed E-state index contributed by atoms with van der Waals surface area (Å²) in [5.41, 5.74) is 2.23. The molecule has 6 nitrogen and oxygen atoms in total. The summed E-state index contributed by atoms with van der Waals surface area (Å²) in [6.45, 7) is 4.11. The fraction of sp³-hybridized carbons (Fsp3) is 0.375. The van der Waals surface area contributed by atoms with Crippen molar-refractivity contribution in [2.45, 2.75) is 20.0 Å². The molecule has 0 unspecified atom stereocenters. The number of rotatable bonds is 6. The van der Waals surface area contributed by atoms with Crippen LogP contribution in [0.4, 0.5) is 0 Å². The van der Waals surface area contributed by atoms with Gasteiger partial charge in [-0.15, -0.1) is 24.0 Å². The minimum absolute atomic E-state index is 0. The van der Waals surface area contributed by atoms with Crippen LogP contribution in [-0.2, 0) is 13.1 Å². The number of benzene rings is 1. The normalized spacial score (nSPS) is 10.8. The minimum Gasteiger partial charge on any atom is -0.494 e. The molecule has 0 amide bonds. The van der Waals surface area contributed by atoms with Crippen LogP contribution in [0.2, 0.25) is 0 Å².